The minimum absolute atomic E-state index is 0.0793. The molecule has 0 amide bonds. The summed E-state index contributed by atoms with van der Waals surface area (Å²) in [5.41, 5.74) is -1.01. The van der Waals surface area contributed by atoms with E-state index in [0.29, 0.717) is 25.3 Å². The highest BCUT2D eigenvalue weighted by Gasteiger charge is 2.41. The minimum Gasteiger partial charge on any atom is -0.386 e. The van der Waals surface area contributed by atoms with Crippen LogP contribution in [0.25, 0.3) is 0 Å². The third-order valence-corrected chi connectivity index (χ3v) is 3.05. The second-order valence-corrected chi connectivity index (χ2v) is 4.18. The molecule has 15 heavy (non-hydrogen) atoms. The molecule has 1 aliphatic rings. The van der Waals surface area contributed by atoms with E-state index in [0.717, 1.165) is 0 Å². The van der Waals surface area contributed by atoms with Gasteiger partial charge < -0.3 is 15.0 Å². The maximum atomic E-state index is 11.2. The lowest BCUT2D eigenvalue weighted by Crippen LogP contribution is -2.62. The zero-order chi connectivity index (χ0) is 11.1. The van der Waals surface area contributed by atoms with Gasteiger partial charge in [0.1, 0.15) is 5.02 Å². The molecule has 5 nitrogen and oxygen atoms in total. The first-order valence-corrected chi connectivity index (χ1v) is 5.14. The van der Waals surface area contributed by atoms with Crippen LogP contribution in [0.4, 0.5) is 5.82 Å². The van der Waals surface area contributed by atoms with Crippen molar-refractivity contribution in [2.75, 3.05) is 18.0 Å². The van der Waals surface area contributed by atoms with E-state index in [2.05, 4.69) is 9.97 Å². The summed E-state index contributed by atoms with van der Waals surface area (Å²) >= 11 is 5.81. The monoisotopic (exact) mass is 229 g/mol. The van der Waals surface area contributed by atoms with E-state index in [4.69, 9.17) is 11.6 Å². The second-order valence-electron chi connectivity index (χ2n) is 3.80. The molecule has 2 rings (SSSR count). The fourth-order valence-corrected chi connectivity index (χ4v) is 1.85. The summed E-state index contributed by atoms with van der Waals surface area (Å²) < 4.78 is 0. The molecular weight excluding hydrogens is 218 g/mol. The van der Waals surface area contributed by atoms with E-state index >= 15 is 0 Å². The van der Waals surface area contributed by atoms with Crippen LogP contribution >= 0.6 is 11.6 Å². The van der Waals surface area contributed by atoms with Gasteiger partial charge in [-0.1, -0.05) is 18.5 Å². The van der Waals surface area contributed by atoms with Crippen molar-refractivity contribution < 1.29 is 5.11 Å². The van der Waals surface area contributed by atoms with Crippen LogP contribution in [-0.2, 0) is 0 Å². The number of hydrogen-bond acceptors (Lipinski definition) is 4. The maximum Gasteiger partial charge on any atom is 0.271 e. The zero-order valence-corrected chi connectivity index (χ0v) is 9.08. The molecule has 1 fully saturated rings. The molecule has 6 heteroatoms. The van der Waals surface area contributed by atoms with E-state index in [1.165, 1.54) is 6.33 Å². The number of hydrogen-bond donors (Lipinski definition) is 2. The standard InChI is InChI=1S/C9H12ClN3O2/c1-2-9(15)3-13(4-9)7-6(10)8(14)12-5-11-7/h5,15H,2-4H2,1H3,(H,11,12,14). The maximum absolute atomic E-state index is 11.2. The molecule has 0 bridgehead atoms. The van der Waals surface area contributed by atoms with Crippen molar-refractivity contribution in [1.82, 2.24) is 9.97 Å². The molecule has 0 atom stereocenters. The van der Waals surface area contributed by atoms with Crippen LogP contribution < -0.4 is 10.5 Å². The van der Waals surface area contributed by atoms with Crippen LogP contribution in [-0.4, -0.2) is 33.8 Å². The van der Waals surface area contributed by atoms with Crippen molar-refractivity contribution in [3.63, 3.8) is 0 Å². The Morgan fingerprint density at radius 2 is 2.40 bits per heavy atom. The van der Waals surface area contributed by atoms with Crippen LogP contribution in [0.5, 0.6) is 0 Å². The van der Waals surface area contributed by atoms with Gasteiger partial charge in [-0.25, -0.2) is 4.98 Å². The van der Waals surface area contributed by atoms with E-state index in [1.807, 2.05) is 6.92 Å². The van der Waals surface area contributed by atoms with Crippen LogP contribution in [0.1, 0.15) is 13.3 Å². The fraction of sp³-hybridized carbons (Fsp3) is 0.556. The third-order valence-electron chi connectivity index (χ3n) is 2.71. The lowest BCUT2D eigenvalue weighted by Gasteiger charge is -2.46. The summed E-state index contributed by atoms with van der Waals surface area (Å²) in [6, 6.07) is 0. The van der Waals surface area contributed by atoms with E-state index in [-0.39, 0.29) is 10.6 Å². The Kier molecular flexibility index (Phi) is 2.44. The number of nitrogens with one attached hydrogen (secondary N) is 1. The average molecular weight is 230 g/mol. The first-order chi connectivity index (χ1) is 7.06. The molecular formula is C9H12ClN3O2. The molecule has 1 aromatic heterocycles. The first kappa shape index (κ1) is 10.4. The number of aromatic nitrogens is 2. The Hall–Kier alpha value is -1.07. The van der Waals surface area contributed by atoms with Gasteiger partial charge in [-0.05, 0) is 6.42 Å². The Balaban J connectivity index is 2.20. The molecule has 1 saturated heterocycles. The molecule has 1 aromatic rings. The van der Waals surface area contributed by atoms with Crippen molar-refractivity contribution in [2.45, 2.75) is 18.9 Å². The molecule has 0 aromatic carbocycles. The Labute approximate surface area is 91.7 Å². The summed E-state index contributed by atoms with van der Waals surface area (Å²) in [5.74, 6) is 0.443. The molecule has 0 aliphatic carbocycles. The molecule has 0 saturated carbocycles. The van der Waals surface area contributed by atoms with E-state index in [9.17, 15) is 9.90 Å². The number of anilines is 1. The SMILES string of the molecule is CCC1(O)CN(c2nc[nH]c(=O)c2Cl)C1. The highest BCUT2D eigenvalue weighted by atomic mass is 35.5. The van der Waals surface area contributed by atoms with Crippen molar-refractivity contribution in [1.29, 1.82) is 0 Å². The van der Waals surface area contributed by atoms with Gasteiger partial charge in [0, 0.05) is 0 Å². The second kappa shape index (κ2) is 3.50. The lowest BCUT2D eigenvalue weighted by atomic mass is 9.91. The van der Waals surface area contributed by atoms with Crippen molar-refractivity contribution in [2.24, 2.45) is 0 Å². The highest BCUT2D eigenvalue weighted by Crippen LogP contribution is 2.30. The Morgan fingerprint density at radius 1 is 1.73 bits per heavy atom. The topological polar surface area (TPSA) is 69.2 Å². The van der Waals surface area contributed by atoms with Crippen molar-refractivity contribution >= 4 is 17.4 Å². The summed E-state index contributed by atoms with van der Waals surface area (Å²) in [4.78, 5) is 19.4. The predicted octanol–water partition coefficient (Wildman–Crippen LogP) is 0.384. The number of nitrogens with zero attached hydrogens (tertiary/aromatic N) is 2. The number of aromatic amines is 1. The third kappa shape index (κ3) is 1.72. The lowest BCUT2D eigenvalue weighted by molar-refractivity contribution is 0.00805. The van der Waals surface area contributed by atoms with Gasteiger partial charge in [0.25, 0.3) is 5.56 Å². The summed E-state index contributed by atoms with van der Waals surface area (Å²) in [5, 5.41) is 9.89. The summed E-state index contributed by atoms with van der Waals surface area (Å²) in [6.45, 7) is 2.86. The van der Waals surface area contributed by atoms with Gasteiger partial charge in [0.15, 0.2) is 5.82 Å². The largest absolute Gasteiger partial charge is 0.386 e. The molecule has 0 radical (unpaired) electrons. The number of rotatable bonds is 2. The normalized spacial score (nSPS) is 18.7. The van der Waals surface area contributed by atoms with Crippen LogP contribution in [0.15, 0.2) is 11.1 Å². The molecule has 82 valence electrons. The van der Waals surface area contributed by atoms with Gasteiger partial charge in [-0.2, -0.15) is 0 Å². The Morgan fingerprint density at radius 3 is 3.00 bits per heavy atom. The highest BCUT2D eigenvalue weighted by molar-refractivity contribution is 6.32. The first-order valence-electron chi connectivity index (χ1n) is 4.76. The van der Waals surface area contributed by atoms with Crippen molar-refractivity contribution in [3.8, 4) is 0 Å². The van der Waals surface area contributed by atoms with Crippen LogP contribution in [0.3, 0.4) is 0 Å². The van der Waals surface area contributed by atoms with Gasteiger partial charge >= 0.3 is 0 Å². The number of H-pyrrole nitrogens is 1. The fourth-order valence-electron chi connectivity index (χ4n) is 1.63. The number of aliphatic hydroxyl groups is 1. The number of halogens is 1. The van der Waals surface area contributed by atoms with E-state index < -0.39 is 5.60 Å². The minimum atomic E-state index is -0.659. The number of β-amino-alcohol motifs (C(OH)–C–C–N with tert-alkyl or cyclic N) is 1. The van der Waals surface area contributed by atoms with Gasteiger partial charge in [0.2, 0.25) is 0 Å². The van der Waals surface area contributed by atoms with Crippen LogP contribution in [0.2, 0.25) is 5.02 Å². The van der Waals surface area contributed by atoms with Crippen LogP contribution in [0, 0.1) is 0 Å². The molecule has 0 unspecified atom stereocenters. The predicted molar refractivity (Wildman–Crippen MR) is 57.3 cm³/mol. The quantitative estimate of drug-likeness (QED) is 0.770. The summed E-state index contributed by atoms with van der Waals surface area (Å²) in [7, 11) is 0. The summed E-state index contributed by atoms with van der Waals surface area (Å²) in [6.07, 6.45) is 2.00. The van der Waals surface area contributed by atoms with E-state index in [1.54, 1.807) is 4.90 Å². The molecule has 1 aliphatic heterocycles. The van der Waals surface area contributed by atoms with Gasteiger partial charge in [0.05, 0.1) is 25.0 Å². The van der Waals surface area contributed by atoms with Gasteiger partial charge in [-0.15, -0.1) is 0 Å². The molecule has 0 spiro atoms. The Bertz CT molecular complexity index is 426. The average Bonchev–Trinajstić information content (AvgIpc) is 2.18. The zero-order valence-electron chi connectivity index (χ0n) is 8.33. The van der Waals surface area contributed by atoms with Gasteiger partial charge in [-0.3, -0.25) is 4.79 Å². The smallest absolute Gasteiger partial charge is 0.271 e. The van der Waals surface area contributed by atoms with Crippen molar-refractivity contribution in [3.05, 3.63) is 21.7 Å². The molecule has 2 N–H and O–H groups in total. The molecule has 2 heterocycles.